The van der Waals surface area contributed by atoms with E-state index >= 15 is 0 Å². The first-order valence-corrected chi connectivity index (χ1v) is 14.2. The number of ether oxygens (including phenoxy) is 1. The van der Waals surface area contributed by atoms with Crippen LogP contribution in [0.4, 0.5) is 26.7 Å². The Labute approximate surface area is 244 Å². The fourth-order valence-electron chi connectivity index (χ4n) is 5.45. The van der Waals surface area contributed by atoms with Gasteiger partial charge in [0.05, 0.1) is 29.1 Å². The zero-order valence-corrected chi connectivity index (χ0v) is 24.2. The number of carbonyl (C=O) groups is 3. The van der Waals surface area contributed by atoms with Crippen molar-refractivity contribution in [1.82, 2.24) is 14.7 Å². The van der Waals surface area contributed by atoms with E-state index in [2.05, 4.69) is 0 Å². The van der Waals surface area contributed by atoms with Crippen LogP contribution in [0.2, 0.25) is 10.0 Å². The number of hydrogen-bond acceptors (Lipinski definition) is 4. The molecule has 2 heterocycles. The molecule has 0 radical (unpaired) electrons. The lowest BCUT2D eigenvalue weighted by molar-refractivity contribution is -0.286. The highest BCUT2D eigenvalue weighted by atomic mass is 35.5. The lowest BCUT2D eigenvalue weighted by Gasteiger charge is -2.34. The van der Waals surface area contributed by atoms with E-state index < -0.39 is 43.2 Å². The monoisotopic (exact) mass is 627 g/mol. The van der Waals surface area contributed by atoms with Crippen molar-refractivity contribution in [2.45, 2.75) is 63.1 Å². The number of benzene rings is 1. The molecular weight excluding hydrogens is 596 g/mol. The Hall–Kier alpha value is -2.34. The van der Waals surface area contributed by atoms with Crippen LogP contribution in [0, 0.1) is 11.3 Å². The molecule has 0 aromatic heterocycles. The van der Waals surface area contributed by atoms with Crippen LogP contribution in [0.5, 0.6) is 0 Å². The number of likely N-dealkylation sites (N-methyl/N-ethyl adjacent to an activating group) is 1. The topological polar surface area (TPSA) is 70.2 Å². The van der Waals surface area contributed by atoms with Crippen LogP contribution >= 0.6 is 23.2 Å². The molecule has 4 rings (SSSR count). The molecule has 228 valence electrons. The van der Waals surface area contributed by atoms with E-state index in [0.717, 1.165) is 17.7 Å². The van der Waals surface area contributed by atoms with Gasteiger partial charge < -0.3 is 19.4 Å². The van der Waals surface area contributed by atoms with Gasteiger partial charge in [0.2, 0.25) is 11.8 Å². The number of hydrogen-bond donors (Lipinski definition) is 0. The number of rotatable bonds is 7. The Kier molecular flexibility index (Phi) is 9.05. The fraction of sp³-hybridized carbons (Fsp3) is 0.667. The molecule has 14 heteroatoms. The van der Waals surface area contributed by atoms with E-state index in [-0.39, 0.29) is 41.3 Å². The Morgan fingerprint density at radius 1 is 1.02 bits per heavy atom. The first-order valence-electron chi connectivity index (χ1n) is 13.4. The Morgan fingerprint density at radius 2 is 1.66 bits per heavy atom. The molecule has 1 saturated carbocycles. The van der Waals surface area contributed by atoms with Gasteiger partial charge in [-0.1, -0.05) is 36.2 Å². The predicted molar refractivity (Wildman–Crippen MR) is 141 cm³/mol. The highest BCUT2D eigenvalue weighted by molar-refractivity contribution is 6.42. The molecule has 7 nitrogen and oxygen atoms in total. The minimum Gasteiger partial charge on any atom is -0.449 e. The zero-order valence-electron chi connectivity index (χ0n) is 22.7. The highest BCUT2D eigenvalue weighted by Gasteiger charge is 2.57. The van der Waals surface area contributed by atoms with Gasteiger partial charge in [0.15, 0.2) is 0 Å². The standard InChI is InChI=1S/C27H32Cl2F5N3O4/c1-25(7-8-25)23(39)36-10-5-16(6-11-36)22(38)37-14-18(17-3-4-19(28)20(29)13-17)21(15-37)35(2)24(40)41-12-9-26(30,31)27(32,33)34/h3-4,13,16,18,21H,5-12,14-15H2,1-2H3/t18-,21?/m1/s1. The maximum atomic E-state index is 13.5. The molecule has 3 amide bonds. The van der Waals surface area contributed by atoms with E-state index in [4.69, 9.17) is 27.9 Å². The maximum Gasteiger partial charge on any atom is 0.453 e. The number of carbonyl (C=O) groups excluding carboxylic acids is 3. The molecule has 1 aromatic carbocycles. The average Bonchev–Trinajstić information content (AvgIpc) is 3.51. The van der Waals surface area contributed by atoms with Gasteiger partial charge in [-0.3, -0.25) is 9.59 Å². The molecule has 0 spiro atoms. The van der Waals surface area contributed by atoms with E-state index in [0.29, 0.717) is 36.5 Å². The third-order valence-corrected chi connectivity index (χ3v) is 9.20. The lowest BCUT2D eigenvalue weighted by Crippen LogP contribution is -2.46. The van der Waals surface area contributed by atoms with Gasteiger partial charge in [0.25, 0.3) is 0 Å². The summed E-state index contributed by atoms with van der Waals surface area (Å²) < 4.78 is 68.7. The summed E-state index contributed by atoms with van der Waals surface area (Å²) in [6.07, 6.45) is -5.80. The van der Waals surface area contributed by atoms with E-state index in [9.17, 15) is 36.3 Å². The molecule has 3 fully saturated rings. The minimum absolute atomic E-state index is 0.0886. The van der Waals surface area contributed by atoms with Gasteiger partial charge in [0.1, 0.15) is 0 Å². The van der Waals surface area contributed by atoms with Gasteiger partial charge >= 0.3 is 18.2 Å². The number of alkyl halides is 5. The van der Waals surface area contributed by atoms with Crippen molar-refractivity contribution in [3.05, 3.63) is 33.8 Å². The largest absolute Gasteiger partial charge is 0.453 e. The van der Waals surface area contributed by atoms with Crippen LogP contribution in [0.25, 0.3) is 0 Å². The van der Waals surface area contributed by atoms with Gasteiger partial charge in [0, 0.05) is 50.5 Å². The van der Waals surface area contributed by atoms with Crippen LogP contribution in [-0.4, -0.2) is 90.6 Å². The first kappa shape index (κ1) is 31.6. The summed E-state index contributed by atoms with van der Waals surface area (Å²) in [6, 6.07) is 4.21. The summed E-state index contributed by atoms with van der Waals surface area (Å²) in [4.78, 5) is 43.5. The Bertz CT molecular complexity index is 1170. The average molecular weight is 628 g/mol. The van der Waals surface area contributed by atoms with Crippen LogP contribution in [0.15, 0.2) is 18.2 Å². The van der Waals surface area contributed by atoms with Gasteiger partial charge in [-0.2, -0.15) is 22.0 Å². The minimum atomic E-state index is -5.75. The lowest BCUT2D eigenvalue weighted by atomic mass is 9.93. The second kappa shape index (κ2) is 11.7. The van der Waals surface area contributed by atoms with Crippen LogP contribution in [0.1, 0.15) is 50.5 Å². The van der Waals surface area contributed by atoms with Crippen molar-refractivity contribution >= 4 is 41.1 Å². The molecule has 0 N–H and O–H groups in total. The molecule has 1 unspecified atom stereocenters. The first-order chi connectivity index (χ1) is 19.0. The third kappa shape index (κ3) is 6.84. The molecule has 0 bridgehead atoms. The van der Waals surface area contributed by atoms with Gasteiger partial charge in [-0.15, -0.1) is 0 Å². The Morgan fingerprint density at radius 3 is 2.22 bits per heavy atom. The van der Waals surface area contributed by atoms with Crippen molar-refractivity contribution in [1.29, 1.82) is 0 Å². The van der Waals surface area contributed by atoms with E-state index in [1.807, 2.05) is 11.8 Å². The van der Waals surface area contributed by atoms with Crippen molar-refractivity contribution in [2.24, 2.45) is 11.3 Å². The van der Waals surface area contributed by atoms with Gasteiger partial charge in [-0.05, 0) is 43.4 Å². The van der Waals surface area contributed by atoms with Crippen molar-refractivity contribution < 1.29 is 41.1 Å². The summed E-state index contributed by atoms with van der Waals surface area (Å²) in [5, 5.41) is 0.561. The van der Waals surface area contributed by atoms with E-state index in [1.165, 1.54) is 7.05 Å². The fourth-order valence-corrected chi connectivity index (χ4v) is 5.75. The number of halogens is 7. The quantitative estimate of drug-likeness (QED) is 0.349. The van der Waals surface area contributed by atoms with Crippen LogP contribution in [0.3, 0.4) is 0 Å². The highest BCUT2D eigenvalue weighted by Crippen LogP contribution is 2.47. The summed E-state index contributed by atoms with van der Waals surface area (Å²) in [7, 11) is 1.34. The number of amides is 3. The molecule has 1 aromatic rings. The third-order valence-electron chi connectivity index (χ3n) is 8.46. The second-order valence-corrected chi connectivity index (χ2v) is 12.2. The van der Waals surface area contributed by atoms with Crippen LogP contribution < -0.4 is 0 Å². The normalized spacial score (nSPS) is 23.0. The van der Waals surface area contributed by atoms with E-state index in [1.54, 1.807) is 23.1 Å². The van der Waals surface area contributed by atoms with Crippen molar-refractivity contribution in [3.63, 3.8) is 0 Å². The summed E-state index contributed by atoms with van der Waals surface area (Å²) in [5.41, 5.74) is 0.384. The molecule has 3 aliphatic rings. The number of nitrogens with zero attached hydrogens (tertiary/aromatic N) is 3. The van der Waals surface area contributed by atoms with Crippen molar-refractivity contribution in [2.75, 3.05) is 39.8 Å². The second-order valence-electron chi connectivity index (χ2n) is 11.4. The molecule has 1 aliphatic carbocycles. The van der Waals surface area contributed by atoms with Crippen molar-refractivity contribution in [3.8, 4) is 0 Å². The van der Waals surface area contributed by atoms with Gasteiger partial charge in [-0.25, -0.2) is 4.79 Å². The molecular formula is C27H32Cl2F5N3O4. The van der Waals surface area contributed by atoms with Crippen LogP contribution in [-0.2, 0) is 14.3 Å². The molecule has 41 heavy (non-hydrogen) atoms. The number of piperidine rings is 1. The molecule has 2 atom stereocenters. The summed E-state index contributed by atoms with van der Waals surface area (Å²) in [6.45, 7) is 2.07. The summed E-state index contributed by atoms with van der Waals surface area (Å²) >= 11 is 12.3. The molecule has 2 aliphatic heterocycles. The number of likely N-dealkylation sites (tertiary alicyclic amines) is 2. The molecule has 2 saturated heterocycles. The maximum absolute atomic E-state index is 13.5. The zero-order chi connectivity index (χ0) is 30.3. The Balaban J connectivity index is 1.43. The predicted octanol–water partition coefficient (Wildman–Crippen LogP) is 5.98. The SMILES string of the molecule is CN(C(=O)OCCC(F)(F)C(F)(F)F)C1CN(C(=O)C2CCN(C(=O)C3(C)CC3)CC2)C[C@@H]1c1ccc(Cl)c(Cl)c1. The smallest absolute Gasteiger partial charge is 0.449 e. The summed E-state index contributed by atoms with van der Waals surface area (Å²) in [5.74, 6) is -5.78.